The Balaban J connectivity index is 1.52. The minimum absolute atomic E-state index is 0.165. The molecule has 3 rings (SSSR count). The molecule has 0 bridgehead atoms. The van der Waals surface area contributed by atoms with Crippen LogP contribution in [0.5, 0.6) is 0 Å². The van der Waals surface area contributed by atoms with E-state index in [1.54, 1.807) is 16.2 Å². The molecule has 0 spiro atoms. The first-order valence-corrected chi connectivity index (χ1v) is 9.65. The molecule has 1 aliphatic heterocycles. The highest BCUT2D eigenvalue weighted by atomic mass is 32.1. The molecule has 1 fully saturated rings. The standard InChI is InChI=1S/C17H24N4OS2/c1-13(16-19-14-5-3-4-6-15(14)24-16)20(2)17(23)18-7-8-21-9-11-22-12-10-21/h3-6,13H,7-12H2,1-2H3,(H,18,23)/p+1/t13-/m0/s1. The van der Waals surface area contributed by atoms with Gasteiger partial charge in [0.1, 0.15) is 18.1 Å². The molecule has 1 saturated heterocycles. The molecule has 1 aliphatic rings. The van der Waals surface area contributed by atoms with Gasteiger partial charge in [-0.2, -0.15) is 0 Å². The van der Waals surface area contributed by atoms with Gasteiger partial charge in [-0.15, -0.1) is 11.3 Å². The van der Waals surface area contributed by atoms with E-state index in [0.717, 1.165) is 55.0 Å². The summed E-state index contributed by atoms with van der Waals surface area (Å²) in [5, 5.41) is 5.27. The number of para-hydroxylation sites is 1. The SMILES string of the molecule is C[C@@H](c1nc2ccccc2s1)N(C)C(=S)NCC[NH+]1CCOCC1. The third-order valence-corrected chi connectivity index (χ3v) is 6.16. The molecule has 0 amide bonds. The predicted octanol–water partition coefficient (Wildman–Crippen LogP) is 1.08. The van der Waals surface area contributed by atoms with Crippen LogP contribution in [0.2, 0.25) is 0 Å². The summed E-state index contributed by atoms with van der Waals surface area (Å²) in [7, 11) is 2.04. The van der Waals surface area contributed by atoms with Crippen LogP contribution in [0.1, 0.15) is 18.0 Å². The molecule has 0 aliphatic carbocycles. The Morgan fingerprint density at radius 3 is 2.92 bits per heavy atom. The van der Waals surface area contributed by atoms with Gasteiger partial charge < -0.3 is 19.9 Å². The van der Waals surface area contributed by atoms with E-state index in [-0.39, 0.29) is 6.04 Å². The zero-order chi connectivity index (χ0) is 16.9. The normalized spacial score (nSPS) is 16.9. The molecule has 0 radical (unpaired) electrons. The molecule has 7 heteroatoms. The zero-order valence-corrected chi connectivity index (χ0v) is 15.9. The Morgan fingerprint density at radius 1 is 1.42 bits per heavy atom. The van der Waals surface area contributed by atoms with Gasteiger partial charge in [0.15, 0.2) is 5.11 Å². The number of nitrogens with one attached hydrogen (secondary N) is 2. The number of nitrogens with zero attached hydrogens (tertiary/aromatic N) is 2. The first-order chi connectivity index (χ1) is 11.6. The molecule has 0 saturated carbocycles. The number of hydrogen-bond acceptors (Lipinski definition) is 4. The van der Waals surface area contributed by atoms with Crippen LogP contribution < -0.4 is 10.2 Å². The molecule has 5 nitrogen and oxygen atoms in total. The number of hydrogen-bond donors (Lipinski definition) is 2. The van der Waals surface area contributed by atoms with Gasteiger partial charge in [-0.1, -0.05) is 12.1 Å². The number of thiazole rings is 1. The lowest BCUT2D eigenvalue weighted by molar-refractivity contribution is -0.906. The van der Waals surface area contributed by atoms with Crippen molar-refractivity contribution in [2.45, 2.75) is 13.0 Å². The maximum absolute atomic E-state index is 5.56. The second-order valence-corrected chi connectivity index (χ2v) is 7.60. The minimum atomic E-state index is 0.165. The van der Waals surface area contributed by atoms with Gasteiger partial charge in [-0.05, 0) is 31.3 Å². The van der Waals surface area contributed by atoms with Gasteiger partial charge in [0.25, 0.3) is 0 Å². The lowest BCUT2D eigenvalue weighted by Crippen LogP contribution is -3.14. The van der Waals surface area contributed by atoms with Crippen LogP contribution in [-0.2, 0) is 4.74 Å². The molecule has 2 aromatic rings. The monoisotopic (exact) mass is 365 g/mol. The highest BCUT2D eigenvalue weighted by Gasteiger charge is 2.19. The molecule has 0 unspecified atom stereocenters. The quantitative estimate of drug-likeness (QED) is 0.776. The fraction of sp³-hybridized carbons (Fsp3) is 0.529. The van der Waals surface area contributed by atoms with Crippen molar-refractivity contribution >= 4 is 38.9 Å². The van der Waals surface area contributed by atoms with Crippen molar-refractivity contribution in [2.24, 2.45) is 0 Å². The average molecular weight is 366 g/mol. The van der Waals surface area contributed by atoms with Crippen molar-refractivity contribution in [3.05, 3.63) is 29.3 Å². The molecule has 2 heterocycles. The summed E-state index contributed by atoms with van der Waals surface area (Å²) in [5.41, 5.74) is 1.06. The molecule has 24 heavy (non-hydrogen) atoms. The Hall–Kier alpha value is -1.28. The van der Waals surface area contributed by atoms with Gasteiger partial charge in [0.2, 0.25) is 0 Å². The second kappa shape index (κ2) is 8.20. The van der Waals surface area contributed by atoms with Crippen molar-refractivity contribution in [2.75, 3.05) is 46.4 Å². The third-order valence-electron chi connectivity index (χ3n) is 4.52. The van der Waals surface area contributed by atoms with Gasteiger partial charge in [0, 0.05) is 7.05 Å². The van der Waals surface area contributed by atoms with Crippen molar-refractivity contribution in [1.82, 2.24) is 15.2 Å². The van der Waals surface area contributed by atoms with Gasteiger partial charge in [-0.25, -0.2) is 4.98 Å². The summed E-state index contributed by atoms with van der Waals surface area (Å²) >= 11 is 7.30. The van der Waals surface area contributed by atoms with E-state index >= 15 is 0 Å². The molecule has 1 atom stereocenters. The summed E-state index contributed by atoms with van der Waals surface area (Å²) in [6.07, 6.45) is 0. The first kappa shape index (κ1) is 17.5. The molecular formula is C17H25N4OS2+. The van der Waals surface area contributed by atoms with Crippen LogP contribution >= 0.6 is 23.6 Å². The first-order valence-electron chi connectivity index (χ1n) is 8.42. The van der Waals surface area contributed by atoms with Crippen molar-refractivity contribution in [1.29, 1.82) is 0 Å². The highest BCUT2D eigenvalue weighted by molar-refractivity contribution is 7.80. The largest absolute Gasteiger partial charge is 0.370 e. The summed E-state index contributed by atoms with van der Waals surface area (Å²) in [6, 6.07) is 8.42. The molecule has 130 valence electrons. The maximum Gasteiger partial charge on any atom is 0.169 e. The van der Waals surface area contributed by atoms with Crippen LogP contribution in [0.4, 0.5) is 0 Å². The Bertz CT molecular complexity index is 651. The number of thiocarbonyl (C=S) groups is 1. The smallest absolute Gasteiger partial charge is 0.169 e. The van der Waals surface area contributed by atoms with Gasteiger partial charge in [-0.3, -0.25) is 0 Å². The summed E-state index contributed by atoms with van der Waals surface area (Å²) < 4.78 is 6.61. The number of aromatic nitrogens is 1. The maximum atomic E-state index is 5.56. The second-order valence-electron chi connectivity index (χ2n) is 6.15. The minimum Gasteiger partial charge on any atom is -0.370 e. The average Bonchev–Trinajstić information content (AvgIpc) is 3.05. The van der Waals surface area contributed by atoms with E-state index < -0.39 is 0 Å². The Kier molecular flexibility index (Phi) is 5.99. The van der Waals surface area contributed by atoms with Crippen molar-refractivity contribution < 1.29 is 9.64 Å². The van der Waals surface area contributed by atoms with E-state index in [1.165, 1.54) is 4.70 Å². The van der Waals surface area contributed by atoms with Crippen LogP contribution in [0.3, 0.4) is 0 Å². The number of quaternary nitrogens is 1. The lowest BCUT2D eigenvalue weighted by Gasteiger charge is -2.28. The molecular weight excluding hydrogens is 340 g/mol. The van der Waals surface area contributed by atoms with E-state index in [2.05, 4.69) is 35.3 Å². The molecule has 2 N–H and O–H groups in total. The van der Waals surface area contributed by atoms with Crippen LogP contribution in [-0.4, -0.2) is 61.4 Å². The number of ether oxygens (including phenoxy) is 1. The molecule has 1 aromatic heterocycles. The topological polar surface area (TPSA) is 41.8 Å². The van der Waals surface area contributed by atoms with E-state index in [4.69, 9.17) is 21.9 Å². The summed E-state index contributed by atoms with van der Waals surface area (Å²) in [6.45, 7) is 8.04. The van der Waals surface area contributed by atoms with Crippen LogP contribution in [0.15, 0.2) is 24.3 Å². The predicted molar refractivity (Wildman–Crippen MR) is 103 cm³/mol. The number of fused-ring (bicyclic) bond motifs is 1. The number of benzene rings is 1. The van der Waals surface area contributed by atoms with Gasteiger partial charge >= 0.3 is 0 Å². The van der Waals surface area contributed by atoms with Crippen LogP contribution in [0.25, 0.3) is 10.2 Å². The fourth-order valence-electron chi connectivity index (χ4n) is 2.79. The van der Waals surface area contributed by atoms with Gasteiger partial charge in [0.05, 0.1) is 42.6 Å². The zero-order valence-electron chi connectivity index (χ0n) is 14.2. The van der Waals surface area contributed by atoms with Crippen molar-refractivity contribution in [3.8, 4) is 0 Å². The fourth-order valence-corrected chi connectivity index (χ4v) is 4.11. The summed E-state index contributed by atoms with van der Waals surface area (Å²) in [4.78, 5) is 8.42. The van der Waals surface area contributed by atoms with Crippen LogP contribution in [0, 0.1) is 0 Å². The lowest BCUT2D eigenvalue weighted by atomic mass is 10.3. The van der Waals surface area contributed by atoms with E-state index in [1.807, 2.05) is 13.1 Å². The third kappa shape index (κ3) is 4.22. The highest BCUT2D eigenvalue weighted by Crippen LogP contribution is 2.28. The van der Waals surface area contributed by atoms with Crippen molar-refractivity contribution in [3.63, 3.8) is 0 Å². The summed E-state index contributed by atoms with van der Waals surface area (Å²) in [5.74, 6) is 0. The molecule has 1 aromatic carbocycles. The Labute approximate surface area is 152 Å². The van der Waals surface area contributed by atoms with E-state index in [9.17, 15) is 0 Å². The Morgan fingerprint density at radius 2 is 2.17 bits per heavy atom. The number of rotatable bonds is 5. The van der Waals surface area contributed by atoms with E-state index in [0.29, 0.717) is 0 Å². The number of morpholine rings is 1.